The lowest BCUT2D eigenvalue weighted by molar-refractivity contribution is -0.139. The Morgan fingerprint density at radius 3 is 2.75 bits per heavy atom. The molecule has 2 amide bonds. The molecule has 1 aliphatic rings. The van der Waals surface area contributed by atoms with Gasteiger partial charge in [-0.15, -0.1) is 0 Å². The summed E-state index contributed by atoms with van der Waals surface area (Å²) in [6, 6.07) is 14.6. The molecule has 0 spiro atoms. The Morgan fingerprint density at radius 2 is 2.00 bits per heavy atom. The van der Waals surface area contributed by atoms with E-state index in [2.05, 4.69) is 5.32 Å². The first kappa shape index (κ1) is 16.5. The average molecular weight is 343 g/mol. The molecule has 0 bridgehead atoms. The van der Waals surface area contributed by atoms with Crippen molar-refractivity contribution in [2.75, 3.05) is 6.54 Å². The van der Waals surface area contributed by atoms with Crippen LogP contribution in [0, 0.1) is 0 Å². The van der Waals surface area contributed by atoms with E-state index in [-0.39, 0.29) is 11.8 Å². The molecule has 3 rings (SSSR count). The zero-order valence-electron chi connectivity index (χ0n) is 13.5. The highest BCUT2D eigenvalue weighted by molar-refractivity contribution is 6.30. The van der Waals surface area contributed by atoms with E-state index in [0.29, 0.717) is 18.1 Å². The maximum absolute atomic E-state index is 12.8. The fourth-order valence-electron chi connectivity index (χ4n) is 3.12. The van der Waals surface area contributed by atoms with E-state index in [4.69, 9.17) is 11.6 Å². The second-order valence-corrected chi connectivity index (χ2v) is 6.35. The fraction of sp³-hybridized carbons (Fsp3) is 0.263. The van der Waals surface area contributed by atoms with Crippen molar-refractivity contribution in [3.63, 3.8) is 0 Å². The third-order valence-electron chi connectivity index (χ3n) is 4.29. The van der Waals surface area contributed by atoms with Gasteiger partial charge >= 0.3 is 0 Å². The molecule has 0 saturated carbocycles. The first-order valence-electron chi connectivity index (χ1n) is 7.93. The molecule has 1 atom stereocenters. The van der Waals surface area contributed by atoms with Crippen molar-refractivity contribution in [3.8, 4) is 0 Å². The Morgan fingerprint density at radius 1 is 1.21 bits per heavy atom. The number of halogens is 1. The van der Waals surface area contributed by atoms with Gasteiger partial charge in [-0.25, -0.2) is 0 Å². The first-order chi connectivity index (χ1) is 11.6. The Kier molecular flexibility index (Phi) is 4.86. The van der Waals surface area contributed by atoms with Crippen LogP contribution in [-0.2, 0) is 22.6 Å². The van der Waals surface area contributed by atoms with Crippen LogP contribution in [0.25, 0.3) is 0 Å². The van der Waals surface area contributed by atoms with Gasteiger partial charge in [-0.05, 0) is 35.2 Å². The largest absolute Gasteiger partial charge is 0.350 e. The zero-order valence-corrected chi connectivity index (χ0v) is 14.2. The SMILES string of the molecule is CC(=O)N1CCc2ccccc2C1C(=O)NCc1cccc(Cl)c1. The molecule has 0 radical (unpaired) electrons. The predicted octanol–water partition coefficient (Wildman–Crippen LogP) is 3.10. The predicted molar refractivity (Wildman–Crippen MR) is 93.6 cm³/mol. The molecule has 0 aliphatic carbocycles. The maximum atomic E-state index is 12.8. The van der Waals surface area contributed by atoms with Gasteiger partial charge in [0, 0.05) is 25.0 Å². The minimum Gasteiger partial charge on any atom is -0.350 e. The highest BCUT2D eigenvalue weighted by Crippen LogP contribution is 2.30. The lowest BCUT2D eigenvalue weighted by atomic mass is 9.92. The molecule has 0 fully saturated rings. The van der Waals surface area contributed by atoms with Gasteiger partial charge in [-0.2, -0.15) is 0 Å². The van der Waals surface area contributed by atoms with Crippen molar-refractivity contribution in [2.24, 2.45) is 0 Å². The summed E-state index contributed by atoms with van der Waals surface area (Å²) >= 11 is 5.97. The summed E-state index contributed by atoms with van der Waals surface area (Å²) in [6.45, 7) is 2.44. The van der Waals surface area contributed by atoms with Crippen molar-refractivity contribution in [1.82, 2.24) is 10.2 Å². The van der Waals surface area contributed by atoms with Crippen molar-refractivity contribution in [3.05, 3.63) is 70.2 Å². The number of carbonyl (C=O) groups is 2. The monoisotopic (exact) mass is 342 g/mol. The van der Waals surface area contributed by atoms with Gasteiger partial charge in [0.2, 0.25) is 11.8 Å². The zero-order chi connectivity index (χ0) is 17.1. The smallest absolute Gasteiger partial charge is 0.247 e. The van der Waals surface area contributed by atoms with E-state index in [1.807, 2.05) is 42.5 Å². The Hall–Kier alpha value is -2.33. The van der Waals surface area contributed by atoms with Crippen LogP contribution in [0.3, 0.4) is 0 Å². The number of nitrogens with zero attached hydrogens (tertiary/aromatic N) is 1. The van der Waals surface area contributed by atoms with Gasteiger partial charge in [-0.3, -0.25) is 9.59 Å². The summed E-state index contributed by atoms with van der Waals surface area (Å²) in [4.78, 5) is 26.4. The van der Waals surface area contributed by atoms with Crippen LogP contribution in [0.15, 0.2) is 48.5 Å². The average Bonchev–Trinajstić information content (AvgIpc) is 2.58. The molecule has 2 aromatic rings. The molecule has 1 aliphatic heterocycles. The fourth-order valence-corrected chi connectivity index (χ4v) is 3.33. The van der Waals surface area contributed by atoms with Gasteiger partial charge in [0.05, 0.1) is 0 Å². The van der Waals surface area contributed by atoms with Gasteiger partial charge in [-0.1, -0.05) is 48.0 Å². The maximum Gasteiger partial charge on any atom is 0.247 e. The van der Waals surface area contributed by atoms with Crippen molar-refractivity contribution >= 4 is 23.4 Å². The Bertz CT molecular complexity index is 775. The van der Waals surface area contributed by atoms with Crippen LogP contribution < -0.4 is 5.32 Å². The topological polar surface area (TPSA) is 49.4 Å². The summed E-state index contributed by atoms with van der Waals surface area (Å²) in [5.74, 6) is -0.260. The lowest BCUT2D eigenvalue weighted by Crippen LogP contribution is -2.46. The van der Waals surface area contributed by atoms with Gasteiger partial charge < -0.3 is 10.2 Å². The van der Waals surface area contributed by atoms with Crippen LogP contribution in [0.4, 0.5) is 0 Å². The molecule has 124 valence electrons. The molecular formula is C19H19ClN2O2. The van der Waals surface area contributed by atoms with E-state index < -0.39 is 6.04 Å². The van der Waals surface area contributed by atoms with E-state index in [0.717, 1.165) is 23.1 Å². The van der Waals surface area contributed by atoms with Gasteiger partial charge in [0.25, 0.3) is 0 Å². The normalized spacial score (nSPS) is 16.4. The van der Waals surface area contributed by atoms with Crippen LogP contribution >= 0.6 is 11.6 Å². The molecule has 0 aromatic heterocycles. The van der Waals surface area contributed by atoms with E-state index >= 15 is 0 Å². The molecule has 2 aromatic carbocycles. The lowest BCUT2D eigenvalue weighted by Gasteiger charge is -2.35. The highest BCUT2D eigenvalue weighted by Gasteiger charge is 2.34. The molecule has 5 heteroatoms. The van der Waals surface area contributed by atoms with Gasteiger partial charge in [0.15, 0.2) is 0 Å². The van der Waals surface area contributed by atoms with Crippen LogP contribution in [0.1, 0.15) is 29.7 Å². The summed E-state index contributed by atoms with van der Waals surface area (Å²) in [5.41, 5.74) is 2.95. The minimum absolute atomic E-state index is 0.0904. The molecule has 1 N–H and O–H groups in total. The van der Waals surface area contributed by atoms with Crippen molar-refractivity contribution in [1.29, 1.82) is 0 Å². The third-order valence-corrected chi connectivity index (χ3v) is 4.53. The van der Waals surface area contributed by atoms with E-state index in [1.165, 1.54) is 6.92 Å². The second kappa shape index (κ2) is 7.05. The molecular weight excluding hydrogens is 324 g/mol. The van der Waals surface area contributed by atoms with Crippen LogP contribution in [0.5, 0.6) is 0 Å². The van der Waals surface area contributed by atoms with Crippen molar-refractivity contribution in [2.45, 2.75) is 25.9 Å². The van der Waals surface area contributed by atoms with Gasteiger partial charge in [0.1, 0.15) is 6.04 Å². The Labute approximate surface area is 146 Å². The van der Waals surface area contributed by atoms with Crippen molar-refractivity contribution < 1.29 is 9.59 Å². The number of benzene rings is 2. The van der Waals surface area contributed by atoms with E-state index in [1.54, 1.807) is 11.0 Å². The molecule has 24 heavy (non-hydrogen) atoms. The number of hydrogen-bond acceptors (Lipinski definition) is 2. The molecule has 0 saturated heterocycles. The first-order valence-corrected chi connectivity index (χ1v) is 8.31. The summed E-state index contributed by atoms with van der Waals surface area (Å²) in [7, 11) is 0. The summed E-state index contributed by atoms with van der Waals surface area (Å²) < 4.78 is 0. The van der Waals surface area contributed by atoms with E-state index in [9.17, 15) is 9.59 Å². The number of hydrogen-bond donors (Lipinski definition) is 1. The van der Waals surface area contributed by atoms with Crippen LogP contribution in [0.2, 0.25) is 5.02 Å². The minimum atomic E-state index is -0.577. The summed E-state index contributed by atoms with van der Waals surface area (Å²) in [6.07, 6.45) is 0.772. The third kappa shape index (κ3) is 3.44. The second-order valence-electron chi connectivity index (χ2n) is 5.91. The number of amides is 2. The quantitative estimate of drug-likeness (QED) is 0.931. The number of carbonyl (C=O) groups excluding carboxylic acids is 2. The number of rotatable bonds is 3. The molecule has 1 unspecified atom stereocenters. The molecule has 4 nitrogen and oxygen atoms in total. The summed E-state index contributed by atoms with van der Waals surface area (Å²) in [5, 5.41) is 3.56. The molecule has 1 heterocycles. The van der Waals surface area contributed by atoms with Crippen LogP contribution in [-0.4, -0.2) is 23.3 Å². The number of nitrogens with one attached hydrogen (secondary N) is 1. The number of fused-ring (bicyclic) bond motifs is 1. The Balaban J connectivity index is 1.81. The highest BCUT2D eigenvalue weighted by atomic mass is 35.5. The standard InChI is InChI=1S/C19H19ClN2O2/c1-13(23)22-10-9-15-6-2-3-8-17(15)18(22)19(24)21-12-14-5-4-7-16(20)11-14/h2-8,11,18H,9-10,12H2,1H3,(H,21,24).